The minimum absolute atomic E-state index is 0.708. The first-order valence-corrected chi connectivity index (χ1v) is 8.44. The van der Waals surface area contributed by atoms with E-state index < -0.39 is 0 Å². The molecule has 0 radical (unpaired) electrons. The van der Waals surface area contributed by atoms with Crippen LogP contribution in [0, 0.1) is 0 Å². The van der Waals surface area contributed by atoms with E-state index in [9.17, 15) is 0 Å². The molecule has 130 valence electrons. The number of benzene rings is 2. The Morgan fingerprint density at radius 3 is 2.29 bits per heavy atom. The summed E-state index contributed by atoms with van der Waals surface area (Å²) in [5.41, 5.74) is 2.09. The van der Waals surface area contributed by atoms with Crippen molar-refractivity contribution < 1.29 is 14.2 Å². The predicted molar refractivity (Wildman–Crippen MR) is 98.3 cm³/mol. The number of unbranched alkanes of at least 4 members (excludes halogenated alkanes) is 2. The van der Waals surface area contributed by atoms with Crippen molar-refractivity contribution in [2.24, 2.45) is 0 Å². The van der Waals surface area contributed by atoms with Gasteiger partial charge in [-0.25, -0.2) is 0 Å². The highest BCUT2D eigenvalue weighted by molar-refractivity contribution is 5.60. The highest BCUT2D eigenvalue weighted by atomic mass is 16.5. The Morgan fingerprint density at radius 1 is 0.875 bits per heavy atom. The van der Waals surface area contributed by atoms with Gasteiger partial charge in [-0.15, -0.1) is 0 Å². The Kier molecular flexibility index (Phi) is 7.27. The van der Waals surface area contributed by atoms with Crippen LogP contribution in [0.4, 0.5) is 5.69 Å². The molecule has 0 amide bonds. The van der Waals surface area contributed by atoms with Crippen LogP contribution in [-0.4, -0.2) is 20.8 Å². The molecule has 4 nitrogen and oxygen atoms in total. The third-order valence-electron chi connectivity index (χ3n) is 3.83. The Morgan fingerprint density at radius 2 is 1.62 bits per heavy atom. The van der Waals surface area contributed by atoms with Gasteiger partial charge in [-0.2, -0.15) is 0 Å². The van der Waals surface area contributed by atoms with Crippen molar-refractivity contribution in [1.29, 1.82) is 0 Å². The van der Waals surface area contributed by atoms with Gasteiger partial charge in [0.2, 0.25) is 0 Å². The number of methoxy groups -OCH3 is 2. The van der Waals surface area contributed by atoms with Crippen LogP contribution in [0.1, 0.15) is 31.7 Å². The SMILES string of the molecule is CCCCCOc1ccc(CNc2cc(OC)ccc2OC)cc1. The van der Waals surface area contributed by atoms with Crippen molar-refractivity contribution in [2.45, 2.75) is 32.7 Å². The summed E-state index contributed by atoms with van der Waals surface area (Å²) in [4.78, 5) is 0. The summed E-state index contributed by atoms with van der Waals surface area (Å²) in [5.74, 6) is 2.52. The summed E-state index contributed by atoms with van der Waals surface area (Å²) in [6.07, 6.45) is 3.53. The van der Waals surface area contributed by atoms with Gasteiger partial charge in [-0.3, -0.25) is 0 Å². The van der Waals surface area contributed by atoms with Crippen molar-refractivity contribution in [1.82, 2.24) is 0 Å². The molecule has 1 N–H and O–H groups in total. The van der Waals surface area contributed by atoms with Gasteiger partial charge in [0, 0.05) is 12.6 Å². The summed E-state index contributed by atoms with van der Waals surface area (Å²) in [7, 11) is 3.32. The number of ether oxygens (including phenoxy) is 3. The fraction of sp³-hybridized carbons (Fsp3) is 0.400. The average molecular weight is 329 g/mol. The second-order valence-corrected chi connectivity index (χ2v) is 5.62. The Hall–Kier alpha value is -2.36. The monoisotopic (exact) mass is 329 g/mol. The molecule has 0 aliphatic rings. The first-order valence-electron chi connectivity index (χ1n) is 8.44. The number of anilines is 1. The van der Waals surface area contributed by atoms with E-state index in [1.165, 1.54) is 18.4 Å². The summed E-state index contributed by atoms with van der Waals surface area (Å²) in [6, 6.07) is 13.9. The summed E-state index contributed by atoms with van der Waals surface area (Å²) in [6.45, 7) is 3.69. The normalized spacial score (nSPS) is 10.3. The van der Waals surface area contributed by atoms with Gasteiger partial charge >= 0.3 is 0 Å². The zero-order chi connectivity index (χ0) is 17.2. The lowest BCUT2D eigenvalue weighted by Gasteiger charge is -2.13. The van der Waals surface area contributed by atoms with Crippen LogP contribution in [0.25, 0.3) is 0 Å². The molecule has 0 aliphatic heterocycles. The third kappa shape index (κ3) is 5.37. The quantitative estimate of drug-likeness (QED) is 0.630. The van der Waals surface area contributed by atoms with Crippen LogP contribution < -0.4 is 19.5 Å². The lowest BCUT2D eigenvalue weighted by Crippen LogP contribution is -2.02. The van der Waals surface area contributed by atoms with E-state index in [1.54, 1.807) is 14.2 Å². The van der Waals surface area contributed by atoms with Crippen molar-refractivity contribution in [3.63, 3.8) is 0 Å². The maximum Gasteiger partial charge on any atom is 0.142 e. The molecule has 0 bridgehead atoms. The molecule has 0 fully saturated rings. The van der Waals surface area contributed by atoms with E-state index in [0.29, 0.717) is 6.54 Å². The second kappa shape index (κ2) is 9.71. The summed E-state index contributed by atoms with van der Waals surface area (Å²) < 4.78 is 16.4. The minimum Gasteiger partial charge on any atom is -0.497 e. The lowest BCUT2D eigenvalue weighted by molar-refractivity contribution is 0.306. The molecular formula is C20H27NO3. The van der Waals surface area contributed by atoms with Crippen LogP contribution in [-0.2, 0) is 6.54 Å². The molecular weight excluding hydrogens is 302 g/mol. The number of nitrogens with one attached hydrogen (secondary N) is 1. The molecule has 4 heteroatoms. The summed E-state index contributed by atoms with van der Waals surface area (Å²) >= 11 is 0. The maximum absolute atomic E-state index is 5.74. The first kappa shape index (κ1) is 18.0. The van der Waals surface area contributed by atoms with E-state index >= 15 is 0 Å². The average Bonchev–Trinajstić information content (AvgIpc) is 2.64. The topological polar surface area (TPSA) is 39.7 Å². The number of hydrogen-bond acceptors (Lipinski definition) is 4. The largest absolute Gasteiger partial charge is 0.497 e. The van der Waals surface area contributed by atoms with Gasteiger partial charge in [-0.05, 0) is 36.2 Å². The second-order valence-electron chi connectivity index (χ2n) is 5.62. The predicted octanol–water partition coefficient (Wildman–Crippen LogP) is 4.88. The highest BCUT2D eigenvalue weighted by Crippen LogP contribution is 2.29. The molecule has 0 unspecified atom stereocenters. The van der Waals surface area contributed by atoms with Crippen molar-refractivity contribution in [2.75, 3.05) is 26.1 Å². The minimum atomic E-state index is 0.708. The van der Waals surface area contributed by atoms with Crippen LogP contribution >= 0.6 is 0 Å². The van der Waals surface area contributed by atoms with Crippen molar-refractivity contribution in [3.8, 4) is 17.2 Å². The standard InChI is InChI=1S/C20H27NO3/c1-4-5-6-13-24-17-9-7-16(8-10-17)15-21-19-14-18(22-2)11-12-20(19)23-3/h7-12,14,21H,4-6,13,15H2,1-3H3. The maximum atomic E-state index is 5.74. The van der Waals surface area contributed by atoms with E-state index in [-0.39, 0.29) is 0 Å². The van der Waals surface area contributed by atoms with Gasteiger partial charge < -0.3 is 19.5 Å². The van der Waals surface area contributed by atoms with Crippen molar-refractivity contribution in [3.05, 3.63) is 48.0 Å². The van der Waals surface area contributed by atoms with Crippen molar-refractivity contribution >= 4 is 5.69 Å². The van der Waals surface area contributed by atoms with Gasteiger partial charge in [-0.1, -0.05) is 31.9 Å². The summed E-state index contributed by atoms with van der Waals surface area (Å²) in [5, 5.41) is 3.39. The molecule has 0 heterocycles. The first-order chi connectivity index (χ1) is 11.8. The van der Waals surface area contributed by atoms with Crippen LogP contribution in [0.5, 0.6) is 17.2 Å². The van der Waals surface area contributed by atoms with Crippen LogP contribution in [0.15, 0.2) is 42.5 Å². The molecule has 0 aromatic heterocycles. The Bertz CT molecular complexity index is 611. The van der Waals surface area contributed by atoms with E-state index in [4.69, 9.17) is 14.2 Å². The van der Waals surface area contributed by atoms with Crippen LogP contribution in [0.3, 0.4) is 0 Å². The Balaban J connectivity index is 1.90. The van der Waals surface area contributed by atoms with Gasteiger partial charge in [0.1, 0.15) is 17.2 Å². The highest BCUT2D eigenvalue weighted by Gasteiger charge is 2.05. The Labute approximate surface area is 144 Å². The number of rotatable bonds is 10. The van der Waals surface area contributed by atoms with E-state index in [1.807, 2.05) is 30.3 Å². The fourth-order valence-electron chi connectivity index (χ4n) is 2.40. The molecule has 2 rings (SSSR count). The van der Waals surface area contributed by atoms with E-state index in [0.717, 1.165) is 36.0 Å². The molecule has 0 saturated carbocycles. The zero-order valence-corrected chi connectivity index (χ0v) is 14.8. The fourth-order valence-corrected chi connectivity index (χ4v) is 2.40. The van der Waals surface area contributed by atoms with Gasteiger partial charge in [0.25, 0.3) is 0 Å². The van der Waals surface area contributed by atoms with Crippen LogP contribution in [0.2, 0.25) is 0 Å². The lowest BCUT2D eigenvalue weighted by atomic mass is 10.2. The smallest absolute Gasteiger partial charge is 0.142 e. The third-order valence-corrected chi connectivity index (χ3v) is 3.83. The number of hydrogen-bond donors (Lipinski definition) is 1. The molecule has 0 atom stereocenters. The van der Waals surface area contributed by atoms with E-state index in [2.05, 4.69) is 24.4 Å². The molecule has 24 heavy (non-hydrogen) atoms. The molecule has 2 aromatic carbocycles. The molecule has 2 aromatic rings. The zero-order valence-electron chi connectivity index (χ0n) is 14.8. The molecule has 0 saturated heterocycles. The molecule has 0 aliphatic carbocycles. The molecule has 0 spiro atoms. The van der Waals surface area contributed by atoms with Gasteiger partial charge in [0.05, 0.1) is 26.5 Å². The van der Waals surface area contributed by atoms with Gasteiger partial charge in [0.15, 0.2) is 0 Å².